The van der Waals surface area contributed by atoms with Crippen LogP contribution in [0.25, 0.3) is 16.1 Å². The van der Waals surface area contributed by atoms with E-state index in [2.05, 4.69) is 15.2 Å². The summed E-state index contributed by atoms with van der Waals surface area (Å²) in [5, 5.41) is 15.2. The molecule has 31 heavy (non-hydrogen) atoms. The third kappa shape index (κ3) is 5.80. The van der Waals surface area contributed by atoms with Crippen molar-refractivity contribution < 1.29 is 5.11 Å². The summed E-state index contributed by atoms with van der Waals surface area (Å²) in [6.45, 7) is 7.85. The smallest absolute Gasteiger partial charge is 0.125 e. The molecule has 2 fully saturated rings. The van der Waals surface area contributed by atoms with Crippen molar-refractivity contribution in [2.45, 2.75) is 58.5 Å². The Morgan fingerprint density at radius 3 is 2.58 bits per heavy atom. The Hall–Kier alpha value is -2.51. The highest BCUT2D eigenvalue weighted by molar-refractivity contribution is 7.15. The minimum absolute atomic E-state index is 0.153. The molecule has 1 saturated heterocycles. The van der Waals surface area contributed by atoms with Gasteiger partial charge in [0.25, 0.3) is 0 Å². The lowest BCUT2D eigenvalue weighted by Crippen LogP contribution is -2.43. The molecule has 0 bridgehead atoms. The van der Waals surface area contributed by atoms with Gasteiger partial charge in [-0.2, -0.15) is 0 Å². The van der Waals surface area contributed by atoms with Crippen LogP contribution >= 0.6 is 11.3 Å². The largest absolute Gasteiger partial charge is 0.507 e. The maximum atomic E-state index is 10.4. The predicted octanol–water partition coefficient (Wildman–Crippen LogP) is 4.17. The first-order valence-electron chi connectivity index (χ1n) is 11.2. The summed E-state index contributed by atoms with van der Waals surface area (Å²) in [6, 6.07) is 6.73. The Kier molecular flexibility index (Phi) is 7.98. The number of phenolic OH excluding ortho intramolecular Hbond substituents is 1. The summed E-state index contributed by atoms with van der Waals surface area (Å²) < 4.78 is 0. The zero-order chi connectivity index (χ0) is 22.4. The van der Waals surface area contributed by atoms with Gasteiger partial charge in [0, 0.05) is 42.6 Å². The van der Waals surface area contributed by atoms with Crippen molar-refractivity contribution in [3.63, 3.8) is 0 Å². The van der Waals surface area contributed by atoms with Crippen molar-refractivity contribution >= 4 is 17.0 Å². The minimum atomic E-state index is 0.153. The van der Waals surface area contributed by atoms with Crippen LogP contribution in [0.15, 0.2) is 42.4 Å². The molecule has 1 aliphatic carbocycles. The van der Waals surface area contributed by atoms with Crippen molar-refractivity contribution in [2.75, 3.05) is 13.1 Å². The number of nitrogens with zero attached hydrogens (tertiary/aromatic N) is 2. The van der Waals surface area contributed by atoms with E-state index in [1.807, 2.05) is 45.2 Å². The molecule has 2 aliphatic rings. The van der Waals surface area contributed by atoms with Crippen LogP contribution in [-0.2, 0) is 0 Å². The standard InChI is InChI=1S/C22H29N5OS.C2H6/c1-14-25-12-21(29-14)15-5-6-18(20(28)11-15)19(23)7-8-22(24)27-10-9-17(13-27)26-16-3-2-4-16;1-2/h5-8,11-12,16-17,26,28H,2-4,9-10,13,23-24H2,1H3;1-2H3/b19-7-,22-8+;. The summed E-state index contributed by atoms with van der Waals surface area (Å²) in [4.78, 5) is 7.48. The number of thiazole rings is 1. The number of phenols is 1. The van der Waals surface area contributed by atoms with Crippen molar-refractivity contribution in [3.05, 3.63) is 52.9 Å². The number of hydrogen-bond donors (Lipinski definition) is 4. The van der Waals surface area contributed by atoms with E-state index in [1.54, 1.807) is 23.5 Å². The molecular formula is C24H35N5OS. The Morgan fingerprint density at radius 2 is 1.97 bits per heavy atom. The quantitative estimate of drug-likeness (QED) is 0.502. The first kappa shape index (κ1) is 23.2. The second kappa shape index (κ2) is 10.7. The molecule has 1 unspecified atom stereocenters. The summed E-state index contributed by atoms with van der Waals surface area (Å²) >= 11 is 1.60. The van der Waals surface area contributed by atoms with Crippen molar-refractivity contribution in [1.29, 1.82) is 0 Å². The number of hydrogen-bond acceptors (Lipinski definition) is 7. The molecule has 0 radical (unpaired) electrons. The van der Waals surface area contributed by atoms with Gasteiger partial charge in [0.1, 0.15) is 5.75 Å². The van der Waals surface area contributed by atoms with Gasteiger partial charge in [0.2, 0.25) is 0 Å². The Labute approximate surface area is 189 Å². The highest BCUT2D eigenvalue weighted by Gasteiger charge is 2.27. The third-order valence-corrected chi connectivity index (χ3v) is 6.74. The maximum Gasteiger partial charge on any atom is 0.125 e. The van der Waals surface area contributed by atoms with Gasteiger partial charge in [-0.15, -0.1) is 11.3 Å². The van der Waals surface area contributed by atoms with Gasteiger partial charge in [-0.05, 0) is 56.0 Å². The van der Waals surface area contributed by atoms with Crippen LogP contribution in [0.2, 0.25) is 0 Å². The molecule has 1 aromatic heterocycles. The average molecular weight is 442 g/mol. The highest BCUT2D eigenvalue weighted by Crippen LogP contribution is 2.32. The SMILES string of the molecule is CC.Cc1ncc(-c2ccc(/C(N)=C/C=C(\N)N3CCC(NC4CCC4)C3)c(O)c2)s1. The normalized spacial score (nSPS) is 19.7. The van der Waals surface area contributed by atoms with Gasteiger partial charge in [0.05, 0.1) is 15.7 Å². The van der Waals surface area contributed by atoms with Crippen LogP contribution in [0, 0.1) is 6.92 Å². The second-order valence-corrected chi connectivity index (χ2v) is 9.15. The van der Waals surface area contributed by atoms with Crippen LogP contribution < -0.4 is 16.8 Å². The Morgan fingerprint density at radius 1 is 1.19 bits per heavy atom. The van der Waals surface area contributed by atoms with Crippen LogP contribution in [0.5, 0.6) is 5.75 Å². The van der Waals surface area contributed by atoms with Crippen molar-refractivity contribution in [2.24, 2.45) is 11.5 Å². The number of likely N-dealkylation sites (tertiary alicyclic amines) is 1. The van der Waals surface area contributed by atoms with Gasteiger partial charge in [-0.25, -0.2) is 4.98 Å². The molecule has 168 valence electrons. The number of allylic oxidation sites excluding steroid dienone is 2. The molecule has 2 heterocycles. The lowest BCUT2D eigenvalue weighted by Gasteiger charge is -2.30. The van der Waals surface area contributed by atoms with E-state index >= 15 is 0 Å². The van der Waals surface area contributed by atoms with Gasteiger partial charge < -0.3 is 26.8 Å². The monoisotopic (exact) mass is 441 g/mol. The molecule has 1 saturated carbocycles. The molecule has 1 aromatic carbocycles. The lowest BCUT2D eigenvalue weighted by atomic mass is 9.92. The molecule has 6 nitrogen and oxygen atoms in total. The van der Waals surface area contributed by atoms with E-state index in [0.717, 1.165) is 35.0 Å². The molecular weight excluding hydrogens is 406 g/mol. The molecule has 1 atom stereocenters. The molecule has 2 aromatic rings. The fraction of sp³-hybridized carbons (Fsp3) is 0.458. The summed E-state index contributed by atoms with van der Waals surface area (Å²) in [7, 11) is 0. The fourth-order valence-electron chi connectivity index (χ4n) is 3.83. The van der Waals surface area contributed by atoms with Crippen LogP contribution in [0.3, 0.4) is 0 Å². The predicted molar refractivity (Wildman–Crippen MR) is 130 cm³/mol. The van der Waals surface area contributed by atoms with Crippen molar-refractivity contribution in [3.8, 4) is 16.2 Å². The number of aromatic nitrogens is 1. The summed E-state index contributed by atoms with van der Waals surface area (Å²) in [5.41, 5.74) is 14.5. The zero-order valence-electron chi connectivity index (χ0n) is 18.8. The van der Waals surface area contributed by atoms with E-state index in [9.17, 15) is 5.11 Å². The Bertz CT molecular complexity index is 932. The number of nitrogens with two attached hydrogens (primary N) is 2. The molecule has 7 heteroatoms. The van der Waals surface area contributed by atoms with E-state index in [1.165, 1.54) is 19.3 Å². The topological polar surface area (TPSA) is 100 Å². The zero-order valence-corrected chi connectivity index (χ0v) is 19.6. The lowest BCUT2D eigenvalue weighted by molar-refractivity contribution is 0.300. The number of rotatable bonds is 6. The Balaban J connectivity index is 0.00000132. The molecule has 6 N–H and O–H groups in total. The number of benzene rings is 1. The van der Waals surface area contributed by atoms with E-state index < -0.39 is 0 Å². The molecule has 1 aliphatic heterocycles. The number of nitrogens with one attached hydrogen (secondary N) is 1. The van der Waals surface area contributed by atoms with Crippen LogP contribution in [0.4, 0.5) is 0 Å². The number of aromatic hydroxyl groups is 1. The minimum Gasteiger partial charge on any atom is -0.507 e. The second-order valence-electron chi connectivity index (χ2n) is 7.92. The van der Waals surface area contributed by atoms with Gasteiger partial charge in [-0.3, -0.25) is 0 Å². The van der Waals surface area contributed by atoms with Gasteiger partial charge in [0.15, 0.2) is 0 Å². The molecule has 0 amide bonds. The maximum absolute atomic E-state index is 10.4. The first-order valence-corrected chi connectivity index (χ1v) is 12.0. The van der Waals surface area contributed by atoms with Gasteiger partial charge in [-0.1, -0.05) is 26.3 Å². The van der Waals surface area contributed by atoms with Crippen LogP contribution in [0.1, 0.15) is 50.1 Å². The average Bonchev–Trinajstić information content (AvgIpc) is 3.39. The molecule has 0 spiro atoms. The summed E-state index contributed by atoms with van der Waals surface area (Å²) in [5.74, 6) is 0.863. The first-order chi connectivity index (χ1) is 15.0. The van der Waals surface area contributed by atoms with Crippen LogP contribution in [-0.4, -0.2) is 40.2 Å². The third-order valence-electron chi connectivity index (χ3n) is 5.78. The van der Waals surface area contributed by atoms with E-state index in [0.29, 0.717) is 29.2 Å². The van der Waals surface area contributed by atoms with E-state index in [-0.39, 0.29) is 5.75 Å². The van der Waals surface area contributed by atoms with Crippen molar-refractivity contribution in [1.82, 2.24) is 15.2 Å². The molecule has 4 rings (SSSR count). The van der Waals surface area contributed by atoms with Gasteiger partial charge >= 0.3 is 0 Å². The highest BCUT2D eigenvalue weighted by atomic mass is 32.1. The fourth-order valence-corrected chi connectivity index (χ4v) is 4.61. The number of aryl methyl sites for hydroxylation is 1. The summed E-state index contributed by atoms with van der Waals surface area (Å²) in [6.07, 6.45) is 10.5. The van der Waals surface area contributed by atoms with E-state index in [4.69, 9.17) is 11.5 Å².